The highest BCUT2D eigenvalue weighted by molar-refractivity contribution is 14.0. The number of aliphatic imine (C=N–C) groups is 1. The zero-order valence-electron chi connectivity index (χ0n) is 19.1. The molecule has 1 heterocycles. The Labute approximate surface area is 195 Å². The molecule has 0 radical (unpaired) electrons. The molecule has 1 fully saturated rings. The first-order chi connectivity index (χ1) is 13.5. The van der Waals surface area contributed by atoms with Crippen molar-refractivity contribution < 1.29 is 0 Å². The van der Waals surface area contributed by atoms with E-state index in [-0.39, 0.29) is 24.0 Å². The normalized spacial score (nSPS) is 18.0. The van der Waals surface area contributed by atoms with Crippen molar-refractivity contribution in [2.75, 3.05) is 58.9 Å². The topological polar surface area (TPSA) is 42.9 Å². The summed E-state index contributed by atoms with van der Waals surface area (Å²) in [4.78, 5) is 9.97. The minimum absolute atomic E-state index is 0. The fourth-order valence-electron chi connectivity index (χ4n) is 3.72. The van der Waals surface area contributed by atoms with Crippen LogP contribution in [0.5, 0.6) is 0 Å². The second kappa shape index (κ2) is 14.2. The molecule has 1 saturated heterocycles. The highest BCUT2D eigenvalue weighted by atomic mass is 127. The number of piperazine rings is 1. The molecule has 5 nitrogen and oxygen atoms in total. The largest absolute Gasteiger partial charge is 0.357 e. The van der Waals surface area contributed by atoms with Gasteiger partial charge in [0.05, 0.1) is 0 Å². The van der Waals surface area contributed by atoms with E-state index in [1.165, 1.54) is 43.9 Å². The number of hydrogen-bond acceptors (Lipinski definition) is 3. The molecule has 0 amide bonds. The summed E-state index contributed by atoms with van der Waals surface area (Å²) in [5.41, 5.74) is 2.70. The Morgan fingerprint density at radius 2 is 1.76 bits per heavy atom. The molecule has 1 aliphatic rings. The quantitative estimate of drug-likeness (QED) is 0.300. The van der Waals surface area contributed by atoms with E-state index in [4.69, 9.17) is 4.99 Å². The van der Waals surface area contributed by atoms with E-state index in [2.05, 4.69) is 79.3 Å². The van der Waals surface area contributed by atoms with Crippen LogP contribution in [0.4, 0.5) is 0 Å². The smallest absolute Gasteiger partial charge is 0.191 e. The molecule has 0 aliphatic carbocycles. The van der Waals surface area contributed by atoms with Crippen LogP contribution in [0.15, 0.2) is 29.3 Å². The van der Waals surface area contributed by atoms with Crippen LogP contribution in [0, 0.1) is 12.8 Å². The Bertz CT molecular complexity index is 599. The molecular formula is C23H42IN5. The van der Waals surface area contributed by atoms with Crippen LogP contribution in [-0.4, -0.2) is 74.7 Å². The molecule has 1 aliphatic heterocycles. The summed E-state index contributed by atoms with van der Waals surface area (Å²) in [6.45, 7) is 20.8. The monoisotopic (exact) mass is 515 g/mol. The minimum atomic E-state index is 0. The third kappa shape index (κ3) is 9.66. The summed E-state index contributed by atoms with van der Waals surface area (Å²) in [5.74, 6) is 1.96. The molecule has 1 aromatic carbocycles. The Hall–Kier alpha value is -0.860. The Morgan fingerprint density at radius 1 is 1.07 bits per heavy atom. The van der Waals surface area contributed by atoms with E-state index < -0.39 is 0 Å². The van der Waals surface area contributed by atoms with Crippen molar-refractivity contribution in [1.29, 1.82) is 0 Å². The molecule has 0 spiro atoms. The molecule has 0 aromatic heterocycles. The van der Waals surface area contributed by atoms with E-state index in [0.29, 0.717) is 11.8 Å². The lowest BCUT2D eigenvalue weighted by molar-refractivity contribution is 0.125. The van der Waals surface area contributed by atoms with Gasteiger partial charge in [0.2, 0.25) is 0 Å². The SMILES string of the molecule is CCNC(=NCC(C)CN1CCN(CC)CC1)NCC(C)c1cccc(C)c1.I. The molecule has 2 rings (SSSR count). The first kappa shape index (κ1) is 26.2. The highest BCUT2D eigenvalue weighted by Gasteiger charge is 2.17. The number of aryl methyl sites for hydroxylation is 1. The van der Waals surface area contributed by atoms with Gasteiger partial charge in [0.15, 0.2) is 5.96 Å². The summed E-state index contributed by atoms with van der Waals surface area (Å²) >= 11 is 0. The van der Waals surface area contributed by atoms with E-state index in [9.17, 15) is 0 Å². The molecule has 166 valence electrons. The fourth-order valence-corrected chi connectivity index (χ4v) is 3.72. The van der Waals surface area contributed by atoms with Crippen LogP contribution in [0.25, 0.3) is 0 Å². The number of likely N-dealkylation sites (N-methyl/N-ethyl adjacent to an activating group) is 1. The summed E-state index contributed by atoms with van der Waals surface area (Å²) in [6, 6.07) is 8.78. The average molecular weight is 516 g/mol. The molecule has 2 unspecified atom stereocenters. The predicted octanol–water partition coefficient (Wildman–Crippen LogP) is 3.55. The van der Waals surface area contributed by atoms with Gasteiger partial charge in [-0.2, -0.15) is 0 Å². The van der Waals surface area contributed by atoms with Gasteiger partial charge in [-0.15, -0.1) is 24.0 Å². The summed E-state index contributed by atoms with van der Waals surface area (Å²) < 4.78 is 0. The van der Waals surface area contributed by atoms with Gasteiger partial charge in [-0.1, -0.05) is 50.6 Å². The van der Waals surface area contributed by atoms with Crippen molar-refractivity contribution in [3.8, 4) is 0 Å². The lowest BCUT2D eigenvalue weighted by Crippen LogP contribution is -2.47. The van der Waals surface area contributed by atoms with Crippen LogP contribution in [0.1, 0.15) is 44.7 Å². The molecule has 29 heavy (non-hydrogen) atoms. The second-order valence-electron chi connectivity index (χ2n) is 8.26. The summed E-state index contributed by atoms with van der Waals surface area (Å²) in [7, 11) is 0. The van der Waals surface area contributed by atoms with E-state index >= 15 is 0 Å². The zero-order chi connectivity index (χ0) is 20.4. The van der Waals surface area contributed by atoms with Crippen LogP contribution >= 0.6 is 24.0 Å². The third-order valence-electron chi connectivity index (χ3n) is 5.57. The number of nitrogens with zero attached hydrogens (tertiary/aromatic N) is 3. The predicted molar refractivity (Wildman–Crippen MR) is 137 cm³/mol. The van der Waals surface area contributed by atoms with Gasteiger partial charge in [0.1, 0.15) is 0 Å². The first-order valence-electron chi connectivity index (χ1n) is 11.0. The maximum atomic E-state index is 4.85. The zero-order valence-corrected chi connectivity index (χ0v) is 21.4. The first-order valence-corrected chi connectivity index (χ1v) is 11.0. The average Bonchev–Trinajstić information content (AvgIpc) is 2.70. The Morgan fingerprint density at radius 3 is 2.38 bits per heavy atom. The van der Waals surface area contributed by atoms with Crippen LogP contribution in [0.3, 0.4) is 0 Å². The molecule has 2 atom stereocenters. The van der Waals surface area contributed by atoms with Gasteiger partial charge >= 0.3 is 0 Å². The lowest BCUT2D eigenvalue weighted by Gasteiger charge is -2.35. The van der Waals surface area contributed by atoms with Gasteiger partial charge in [-0.3, -0.25) is 4.99 Å². The molecular weight excluding hydrogens is 473 g/mol. The Balaban J connectivity index is 0.00000420. The number of guanidine groups is 1. The molecule has 6 heteroatoms. The molecule has 0 bridgehead atoms. The van der Waals surface area contributed by atoms with Crippen molar-refractivity contribution in [2.24, 2.45) is 10.9 Å². The van der Waals surface area contributed by atoms with Gasteiger partial charge in [-0.05, 0) is 37.8 Å². The third-order valence-corrected chi connectivity index (χ3v) is 5.57. The van der Waals surface area contributed by atoms with E-state index in [0.717, 1.165) is 32.1 Å². The summed E-state index contributed by atoms with van der Waals surface area (Å²) in [6.07, 6.45) is 0. The number of halogens is 1. The van der Waals surface area contributed by atoms with E-state index in [1.54, 1.807) is 0 Å². The standard InChI is InChI=1S/C23H41N5.HI/c1-6-24-23(26-17-21(5)22-10-8-9-19(3)15-22)25-16-20(4)18-28-13-11-27(7-2)12-14-28;/h8-10,15,20-21H,6-7,11-14,16-18H2,1-5H3,(H2,24,25,26);1H. The number of hydrogen-bond donors (Lipinski definition) is 2. The van der Waals surface area contributed by atoms with Crippen LogP contribution in [0.2, 0.25) is 0 Å². The van der Waals surface area contributed by atoms with Gasteiger partial charge in [-0.25, -0.2) is 0 Å². The number of benzene rings is 1. The maximum absolute atomic E-state index is 4.85. The van der Waals surface area contributed by atoms with Crippen molar-refractivity contribution in [1.82, 2.24) is 20.4 Å². The van der Waals surface area contributed by atoms with Crippen molar-refractivity contribution in [2.45, 2.75) is 40.5 Å². The minimum Gasteiger partial charge on any atom is -0.357 e. The molecule has 0 saturated carbocycles. The van der Waals surface area contributed by atoms with E-state index in [1.807, 2.05) is 0 Å². The molecule has 2 N–H and O–H groups in total. The van der Waals surface area contributed by atoms with Gasteiger partial charge in [0.25, 0.3) is 0 Å². The summed E-state index contributed by atoms with van der Waals surface area (Å²) in [5, 5.41) is 6.92. The van der Waals surface area contributed by atoms with Crippen molar-refractivity contribution in [3.63, 3.8) is 0 Å². The van der Waals surface area contributed by atoms with Crippen molar-refractivity contribution >= 4 is 29.9 Å². The van der Waals surface area contributed by atoms with Gasteiger partial charge in [0, 0.05) is 52.4 Å². The maximum Gasteiger partial charge on any atom is 0.191 e. The lowest BCUT2D eigenvalue weighted by atomic mass is 9.99. The number of nitrogens with one attached hydrogen (secondary N) is 2. The van der Waals surface area contributed by atoms with Crippen LogP contribution < -0.4 is 10.6 Å². The van der Waals surface area contributed by atoms with Crippen LogP contribution in [-0.2, 0) is 0 Å². The second-order valence-corrected chi connectivity index (χ2v) is 8.26. The fraction of sp³-hybridized carbons (Fsp3) is 0.696. The molecule has 1 aromatic rings. The van der Waals surface area contributed by atoms with Gasteiger partial charge < -0.3 is 20.4 Å². The highest BCUT2D eigenvalue weighted by Crippen LogP contribution is 2.15. The van der Waals surface area contributed by atoms with Crippen molar-refractivity contribution in [3.05, 3.63) is 35.4 Å². The number of rotatable bonds is 9. The Kier molecular flexibility index (Phi) is 12.8.